The number of aromatic nitrogens is 2. The molecular formula is C13H24N4S. The zero-order valence-electron chi connectivity index (χ0n) is 12.0. The summed E-state index contributed by atoms with van der Waals surface area (Å²) in [6.45, 7) is 7.23. The van der Waals surface area contributed by atoms with Crippen LogP contribution in [-0.4, -0.2) is 35.6 Å². The van der Waals surface area contributed by atoms with Gasteiger partial charge in [-0.3, -0.25) is 0 Å². The fourth-order valence-electron chi connectivity index (χ4n) is 1.63. The van der Waals surface area contributed by atoms with Crippen LogP contribution in [0.3, 0.4) is 0 Å². The van der Waals surface area contributed by atoms with Crippen molar-refractivity contribution in [3.63, 3.8) is 0 Å². The van der Waals surface area contributed by atoms with Gasteiger partial charge in [0.2, 0.25) is 0 Å². The lowest BCUT2D eigenvalue weighted by Crippen LogP contribution is -2.11. The molecule has 0 aromatic carbocycles. The zero-order chi connectivity index (χ0) is 13.5. The first kappa shape index (κ1) is 15.1. The summed E-state index contributed by atoms with van der Waals surface area (Å²) in [5.74, 6) is 4.27. The smallest absolute Gasteiger partial charge is 0.135 e. The van der Waals surface area contributed by atoms with E-state index in [2.05, 4.69) is 40.7 Å². The van der Waals surface area contributed by atoms with Gasteiger partial charge in [-0.1, -0.05) is 13.8 Å². The minimum Gasteiger partial charge on any atom is -0.373 e. The second-order valence-corrected chi connectivity index (χ2v) is 5.57. The summed E-state index contributed by atoms with van der Waals surface area (Å²) >= 11 is 1.87. The van der Waals surface area contributed by atoms with Crippen molar-refractivity contribution in [3.05, 3.63) is 11.4 Å². The van der Waals surface area contributed by atoms with Crippen LogP contribution in [0, 0.1) is 6.92 Å². The Balaban J connectivity index is 2.84. The van der Waals surface area contributed by atoms with Gasteiger partial charge < -0.3 is 10.6 Å². The molecule has 0 aliphatic heterocycles. The summed E-state index contributed by atoms with van der Waals surface area (Å²) in [6.07, 6.45) is 3.28. The van der Waals surface area contributed by atoms with E-state index in [1.165, 1.54) is 5.75 Å². The molecule has 0 bridgehead atoms. The van der Waals surface area contributed by atoms with Gasteiger partial charge >= 0.3 is 0 Å². The number of hydrogen-bond donors (Lipinski definition) is 2. The van der Waals surface area contributed by atoms with E-state index in [4.69, 9.17) is 0 Å². The molecule has 1 rings (SSSR count). The molecule has 0 aliphatic carbocycles. The molecule has 18 heavy (non-hydrogen) atoms. The Morgan fingerprint density at radius 3 is 2.44 bits per heavy atom. The van der Waals surface area contributed by atoms with Crippen LogP contribution >= 0.6 is 11.8 Å². The summed E-state index contributed by atoms with van der Waals surface area (Å²) in [4.78, 5) is 9.14. The van der Waals surface area contributed by atoms with Crippen LogP contribution in [-0.2, 0) is 0 Å². The molecule has 102 valence electrons. The molecule has 0 amide bonds. The highest BCUT2D eigenvalue weighted by Crippen LogP contribution is 2.22. The number of nitrogens with one attached hydrogen (secondary N) is 2. The molecule has 1 heterocycles. The monoisotopic (exact) mass is 268 g/mol. The summed E-state index contributed by atoms with van der Waals surface area (Å²) < 4.78 is 0. The third kappa shape index (κ3) is 4.05. The minimum absolute atomic E-state index is 0.337. The second kappa shape index (κ2) is 7.46. The van der Waals surface area contributed by atoms with Crippen LogP contribution in [0.2, 0.25) is 0 Å². The van der Waals surface area contributed by atoms with Crippen LogP contribution < -0.4 is 10.6 Å². The maximum Gasteiger partial charge on any atom is 0.135 e. The molecule has 2 N–H and O–H groups in total. The van der Waals surface area contributed by atoms with Gasteiger partial charge in [-0.2, -0.15) is 11.8 Å². The molecule has 1 aromatic rings. The predicted molar refractivity (Wildman–Crippen MR) is 81.9 cm³/mol. The third-order valence-electron chi connectivity index (χ3n) is 2.73. The standard InChI is InChI=1S/C13H24N4S/c1-9(2)11-16-12(14-4)10(3)13(17-11)15-7-6-8-18-5/h9H,6-8H2,1-5H3,(H2,14,15,16,17). The van der Waals surface area contributed by atoms with E-state index in [9.17, 15) is 0 Å². The quantitative estimate of drug-likeness (QED) is 0.744. The second-order valence-electron chi connectivity index (χ2n) is 4.58. The van der Waals surface area contributed by atoms with Gasteiger partial charge in [0.15, 0.2) is 0 Å². The van der Waals surface area contributed by atoms with Crippen LogP contribution in [0.4, 0.5) is 11.6 Å². The Kier molecular flexibility index (Phi) is 6.25. The van der Waals surface area contributed by atoms with Crippen molar-refractivity contribution in [1.82, 2.24) is 9.97 Å². The lowest BCUT2D eigenvalue weighted by molar-refractivity contribution is 0.772. The lowest BCUT2D eigenvalue weighted by Gasteiger charge is -2.15. The number of nitrogens with zero attached hydrogens (tertiary/aromatic N) is 2. The maximum absolute atomic E-state index is 4.61. The molecule has 0 radical (unpaired) electrons. The molecule has 0 fully saturated rings. The summed E-state index contributed by atoms with van der Waals surface area (Å²) in [5.41, 5.74) is 1.09. The fraction of sp³-hybridized carbons (Fsp3) is 0.692. The highest BCUT2D eigenvalue weighted by atomic mass is 32.2. The maximum atomic E-state index is 4.61. The van der Waals surface area contributed by atoms with Gasteiger partial charge in [0, 0.05) is 25.1 Å². The highest BCUT2D eigenvalue weighted by molar-refractivity contribution is 7.98. The predicted octanol–water partition coefficient (Wildman–Crippen LogP) is 3.12. The van der Waals surface area contributed by atoms with E-state index in [0.717, 1.165) is 36.0 Å². The van der Waals surface area contributed by atoms with Crippen molar-refractivity contribution in [2.75, 3.05) is 36.2 Å². The minimum atomic E-state index is 0.337. The van der Waals surface area contributed by atoms with Gasteiger partial charge in [0.05, 0.1) is 0 Å². The van der Waals surface area contributed by atoms with Crippen LogP contribution in [0.5, 0.6) is 0 Å². The van der Waals surface area contributed by atoms with Crippen molar-refractivity contribution in [1.29, 1.82) is 0 Å². The van der Waals surface area contributed by atoms with E-state index < -0.39 is 0 Å². The molecule has 5 heteroatoms. The van der Waals surface area contributed by atoms with Crippen LogP contribution in [0.15, 0.2) is 0 Å². The molecule has 0 saturated heterocycles. The average Bonchev–Trinajstić information content (AvgIpc) is 2.36. The summed E-state index contributed by atoms with van der Waals surface area (Å²) in [6, 6.07) is 0. The van der Waals surface area contributed by atoms with Gasteiger partial charge in [0.1, 0.15) is 17.5 Å². The Morgan fingerprint density at radius 1 is 1.22 bits per heavy atom. The molecule has 0 atom stereocenters. The molecule has 4 nitrogen and oxygen atoms in total. The Labute approximate surface area is 114 Å². The molecule has 0 unspecified atom stereocenters. The zero-order valence-corrected chi connectivity index (χ0v) is 12.8. The molecule has 1 aromatic heterocycles. The van der Waals surface area contributed by atoms with Crippen molar-refractivity contribution in [2.45, 2.75) is 33.1 Å². The fourth-order valence-corrected chi connectivity index (χ4v) is 2.06. The van der Waals surface area contributed by atoms with Gasteiger partial charge in [-0.05, 0) is 25.4 Å². The van der Waals surface area contributed by atoms with E-state index in [1.54, 1.807) is 0 Å². The molecule has 0 aliphatic rings. The van der Waals surface area contributed by atoms with Gasteiger partial charge in [-0.15, -0.1) is 0 Å². The topological polar surface area (TPSA) is 49.8 Å². The third-order valence-corrected chi connectivity index (χ3v) is 3.43. The van der Waals surface area contributed by atoms with Crippen molar-refractivity contribution in [2.24, 2.45) is 0 Å². The Morgan fingerprint density at radius 2 is 1.89 bits per heavy atom. The van der Waals surface area contributed by atoms with E-state index in [1.807, 2.05) is 25.7 Å². The van der Waals surface area contributed by atoms with E-state index in [0.29, 0.717) is 5.92 Å². The number of hydrogen-bond acceptors (Lipinski definition) is 5. The average molecular weight is 268 g/mol. The molecule has 0 saturated carbocycles. The Hall–Kier alpha value is -0.970. The van der Waals surface area contributed by atoms with Gasteiger partial charge in [0.25, 0.3) is 0 Å². The number of anilines is 2. The SMILES string of the molecule is CNc1nc(C(C)C)nc(NCCCSC)c1C. The Bertz CT molecular complexity index is 379. The first-order valence-corrected chi connectivity index (χ1v) is 7.78. The van der Waals surface area contributed by atoms with Crippen molar-refractivity contribution >= 4 is 23.4 Å². The molecule has 0 spiro atoms. The first-order chi connectivity index (χ1) is 8.60. The van der Waals surface area contributed by atoms with Crippen molar-refractivity contribution in [3.8, 4) is 0 Å². The largest absolute Gasteiger partial charge is 0.373 e. The first-order valence-electron chi connectivity index (χ1n) is 6.39. The van der Waals surface area contributed by atoms with Crippen LogP contribution in [0.25, 0.3) is 0 Å². The van der Waals surface area contributed by atoms with Crippen LogP contribution in [0.1, 0.15) is 37.6 Å². The van der Waals surface area contributed by atoms with Crippen molar-refractivity contribution < 1.29 is 0 Å². The summed E-state index contributed by atoms with van der Waals surface area (Å²) in [7, 11) is 1.90. The summed E-state index contributed by atoms with van der Waals surface area (Å²) in [5, 5.41) is 6.55. The van der Waals surface area contributed by atoms with Gasteiger partial charge in [-0.25, -0.2) is 9.97 Å². The number of rotatable bonds is 7. The normalized spacial score (nSPS) is 10.8. The highest BCUT2D eigenvalue weighted by Gasteiger charge is 2.11. The number of thioether (sulfide) groups is 1. The lowest BCUT2D eigenvalue weighted by atomic mass is 10.2. The van der Waals surface area contributed by atoms with E-state index in [-0.39, 0.29) is 0 Å². The van der Waals surface area contributed by atoms with E-state index >= 15 is 0 Å². The molecular weight excluding hydrogens is 244 g/mol.